The van der Waals surface area contributed by atoms with Gasteiger partial charge in [0.25, 0.3) is 0 Å². The van der Waals surface area contributed by atoms with E-state index in [1.807, 2.05) is 13.8 Å². The molecule has 0 atom stereocenters. The maximum absolute atomic E-state index is 12.1. The fraction of sp³-hybridized carbons (Fsp3) is 0.533. The van der Waals surface area contributed by atoms with E-state index in [1.54, 1.807) is 22.5 Å². The molecule has 0 radical (unpaired) electrons. The summed E-state index contributed by atoms with van der Waals surface area (Å²) in [6, 6.07) is 5.13. The van der Waals surface area contributed by atoms with Crippen molar-refractivity contribution >= 4 is 38.4 Å². The summed E-state index contributed by atoms with van der Waals surface area (Å²) in [6.45, 7) is 4.88. The number of carbonyl (C=O) groups excluding carboxylic acids is 1. The minimum Gasteiger partial charge on any atom is -0.462 e. The topological polar surface area (TPSA) is 70.0 Å². The van der Waals surface area contributed by atoms with Crippen molar-refractivity contribution in [2.75, 3.05) is 23.2 Å². The van der Waals surface area contributed by atoms with E-state index >= 15 is 0 Å². The molecule has 0 unspecified atom stereocenters. The van der Waals surface area contributed by atoms with Gasteiger partial charge < -0.3 is 4.74 Å². The van der Waals surface area contributed by atoms with Crippen LogP contribution in [0.15, 0.2) is 22.7 Å². The molecule has 5 nitrogen and oxygen atoms in total. The van der Waals surface area contributed by atoms with Gasteiger partial charge in [-0.05, 0) is 37.0 Å². The van der Waals surface area contributed by atoms with E-state index in [0.717, 1.165) is 12.8 Å². The van der Waals surface area contributed by atoms with Crippen molar-refractivity contribution in [3.63, 3.8) is 0 Å². The van der Waals surface area contributed by atoms with Gasteiger partial charge in [-0.2, -0.15) is 0 Å². The Morgan fingerprint density at radius 1 is 1.36 bits per heavy atom. The molecule has 1 aliphatic rings. The van der Waals surface area contributed by atoms with E-state index in [2.05, 4.69) is 15.9 Å². The second-order valence-corrected chi connectivity index (χ2v) is 8.87. The molecule has 0 aromatic heterocycles. The highest BCUT2D eigenvalue weighted by Crippen LogP contribution is 2.50. The van der Waals surface area contributed by atoms with E-state index in [1.165, 1.54) is 0 Å². The van der Waals surface area contributed by atoms with Crippen molar-refractivity contribution in [3.8, 4) is 0 Å². The number of ether oxygens (including phenoxy) is 1. The Bertz CT molecular complexity index is 550. The average Bonchev–Trinajstić information content (AvgIpc) is 2.43. The van der Waals surface area contributed by atoms with Gasteiger partial charge in [-0.3, -0.25) is 13.4 Å². The first-order valence-electron chi connectivity index (χ1n) is 7.31. The number of hydrogen-bond acceptors (Lipinski definition) is 5. The maximum atomic E-state index is 12.1. The van der Waals surface area contributed by atoms with Crippen LogP contribution in [0.25, 0.3) is 0 Å². The third-order valence-corrected chi connectivity index (χ3v) is 5.73. The summed E-state index contributed by atoms with van der Waals surface area (Å²) in [7, 11) is -2.80. The molecular weight excluding hydrogens is 370 g/mol. The highest BCUT2D eigenvalue weighted by molar-refractivity contribution is 9.10. The van der Waals surface area contributed by atoms with Crippen LogP contribution in [0, 0.1) is 5.92 Å². The Labute approximate surface area is 141 Å². The van der Waals surface area contributed by atoms with Gasteiger partial charge in [-0.25, -0.2) is 4.79 Å². The zero-order chi connectivity index (χ0) is 16.3. The van der Waals surface area contributed by atoms with Crippen LogP contribution in [-0.4, -0.2) is 34.0 Å². The summed E-state index contributed by atoms with van der Waals surface area (Å²) in [5.41, 5.74) is 1.04. The Morgan fingerprint density at radius 3 is 2.73 bits per heavy atom. The molecule has 1 aliphatic heterocycles. The molecule has 7 heteroatoms. The average molecular weight is 392 g/mol. The maximum Gasteiger partial charge on any atom is 0.338 e. The summed E-state index contributed by atoms with van der Waals surface area (Å²) in [5.74, 6) is 0.238. The van der Waals surface area contributed by atoms with Gasteiger partial charge in [0.15, 0.2) is 0 Å². The predicted octanol–water partition coefficient (Wildman–Crippen LogP) is 4.53. The lowest BCUT2D eigenvalue weighted by Gasteiger charge is -2.47. The zero-order valence-corrected chi connectivity index (χ0v) is 15.2. The van der Waals surface area contributed by atoms with Gasteiger partial charge >= 0.3 is 5.97 Å². The van der Waals surface area contributed by atoms with Crippen LogP contribution < -0.4 is 4.31 Å². The van der Waals surface area contributed by atoms with Crippen LogP contribution in [-0.2, 0) is 4.74 Å². The fourth-order valence-electron chi connectivity index (χ4n) is 2.27. The Balaban J connectivity index is 2.24. The second kappa shape index (κ2) is 7.21. The lowest BCUT2D eigenvalue weighted by molar-refractivity contribution is 0.0459. The van der Waals surface area contributed by atoms with Gasteiger partial charge in [-0.1, -0.05) is 29.8 Å². The molecule has 124 valence electrons. The first kappa shape index (κ1) is 17.6. The molecule has 22 heavy (non-hydrogen) atoms. The highest BCUT2D eigenvalue weighted by atomic mass is 79.9. The predicted molar refractivity (Wildman–Crippen MR) is 93.6 cm³/mol. The minimum atomic E-state index is -2.80. The van der Waals surface area contributed by atoms with E-state index in [4.69, 9.17) is 4.74 Å². The molecule has 0 spiro atoms. The molecule has 1 heterocycles. The summed E-state index contributed by atoms with van der Waals surface area (Å²) >= 11 is 3.38. The lowest BCUT2D eigenvalue weighted by atomic mass is 10.2. The largest absolute Gasteiger partial charge is 0.462 e. The number of hydrogen-bond donors (Lipinski definition) is 2. The van der Waals surface area contributed by atoms with Crippen molar-refractivity contribution in [3.05, 3.63) is 28.2 Å². The number of benzene rings is 1. The first-order valence-corrected chi connectivity index (χ1v) is 9.77. The summed E-state index contributed by atoms with van der Waals surface area (Å²) in [6.07, 6.45) is 1.70. The lowest BCUT2D eigenvalue weighted by Crippen LogP contribution is -2.34. The Hall–Kier alpha value is -0.760. The van der Waals surface area contributed by atoms with Gasteiger partial charge in [0.2, 0.25) is 0 Å². The van der Waals surface area contributed by atoms with Crippen LogP contribution >= 0.6 is 26.7 Å². The van der Waals surface area contributed by atoms with Crippen LogP contribution in [0.1, 0.15) is 37.0 Å². The van der Waals surface area contributed by atoms with Crippen LogP contribution in [0.2, 0.25) is 0 Å². The van der Waals surface area contributed by atoms with Crippen LogP contribution in [0.3, 0.4) is 0 Å². The molecule has 0 aliphatic carbocycles. The Kier molecular flexibility index (Phi) is 5.76. The number of anilines is 1. The second-order valence-electron chi connectivity index (χ2n) is 5.84. The van der Waals surface area contributed by atoms with Crippen molar-refractivity contribution in [1.29, 1.82) is 0 Å². The van der Waals surface area contributed by atoms with Crippen molar-refractivity contribution in [2.45, 2.75) is 26.7 Å². The van der Waals surface area contributed by atoms with Crippen molar-refractivity contribution in [2.24, 2.45) is 5.92 Å². The normalized spacial score (nSPS) is 19.1. The van der Waals surface area contributed by atoms with Crippen molar-refractivity contribution < 1.29 is 18.6 Å². The van der Waals surface area contributed by atoms with Gasteiger partial charge in [0.1, 0.15) is 0 Å². The number of rotatable bonds is 4. The SMILES string of the molecule is CC(C)COC(=O)c1cc(Br)cc(N2CCCCS2(O)O)c1. The summed E-state index contributed by atoms with van der Waals surface area (Å²) < 4.78 is 28.0. The molecule has 0 amide bonds. The molecule has 1 saturated heterocycles. The molecule has 1 aromatic rings. The molecule has 2 rings (SSSR count). The number of halogens is 1. The van der Waals surface area contributed by atoms with Crippen LogP contribution in [0.4, 0.5) is 5.69 Å². The number of carbonyl (C=O) groups is 1. The summed E-state index contributed by atoms with van der Waals surface area (Å²) in [4.78, 5) is 12.1. The first-order chi connectivity index (χ1) is 10.3. The molecular formula is C15H22BrNO4S. The summed E-state index contributed by atoms with van der Waals surface area (Å²) in [5, 5.41) is 0. The minimum absolute atomic E-state index is 0.268. The highest BCUT2D eigenvalue weighted by Gasteiger charge is 2.27. The van der Waals surface area contributed by atoms with Crippen LogP contribution in [0.5, 0.6) is 0 Å². The van der Waals surface area contributed by atoms with Gasteiger partial charge in [0.05, 0.1) is 23.6 Å². The Morgan fingerprint density at radius 2 is 2.09 bits per heavy atom. The van der Waals surface area contributed by atoms with E-state index in [0.29, 0.717) is 34.6 Å². The number of nitrogens with zero attached hydrogens (tertiary/aromatic N) is 1. The quantitative estimate of drug-likeness (QED) is 0.737. The number of esters is 1. The third-order valence-electron chi connectivity index (χ3n) is 3.34. The fourth-order valence-corrected chi connectivity index (χ4v) is 4.42. The van der Waals surface area contributed by atoms with Gasteiger partial charge in [-0.15, -0.1) is 10.8 Å². The third kappa shape index (κ3) is 4.38. The molecule has 0 saturated carbocycles. The van der Waals surface area contributed by atoms with E-state index in [9.17, 15) is 13.9 Å². The smallest absolute Gasteiger partial charge is 0.338 e. The van der Waals surface area contributed by atoms with E-state index < -0.39 is 16.7 Å². The molecule has 1 aromatic carbocycles. The van der Waals surface area contributed by atoms with E-state index in [-0.39, 0.29) is 5.92 Å². The standard InChI is InChI=1S/C15H22BrNO4S/c1-11(2)10-21-15(18)12-7-13(16)9-14(8-12)17-5-3-4-6-22(17,19)20/h7-9,11,19-20H,3-6,10H2,1-2H3. The molecule has 1 fully saturated rings. The monoisotopic (exact) mass is 391 g/mol. The van der Waals surface area contributed by atoms with Crippen molar-refractivity contribution in [1.82, 2.24) is 0 Å². The van der Waals surface area contributed by atoms with Gasteiger partial charge in [0, 0.05) is 11.0 Å². The molecule has 0 bridgehead atoms. The zero-order valence-electron chi connectivity index (χ0n) is 12.8. The molecule has 2 N–H and O–H groups in total.